The zero-order valence-corrected chi connectivity index (χ0v) is 10.4. The van der Waals surface area contributed by atoms with E-state index in [1.807, 2.05) is 7.98 Å². The summed E-state index contributed by atoms with van der Waals surface area (Å²) in [6.45, 7) is 7.30. The van der Waals surface area contributed by atoms with Crippen LogP contribution in [0.25, 0.3) is 0 Å². The van der Waals surface area contributed by atoms with Crippen molar-refractivity contribution in [2.45, 2.75) is 33.7 Å². The molecule has 0 atom stereocenters. The number of hydrogen-bond acceptors (Lipinski definition) is 2. The van der Waals surface area contributed by atoms with Crippen LogP contribution in [0.1, 0.15) is 42.4 Å². The van der Waals surface area contributed by atoms with Crippen molar-refractivity contribution in [3.05, 3.63) is 29.1 Å². The van der Waals surface area contributed by atoms with E-state index in [-0.39, 0.29) is 11.3 Å². The smallest absolute Gasteiger partial charge is 0.243 e. The van der Waals surface area contributed by atoms with Crippen LogP contribution in [0.15, 0.2) is 12.3 Å². The third-order valence-corrected chi connectivity index (χ3v) is 2.74. The lowest BCUT2D eigenvalue weighted by molar-refractivity contribution is 0.0880. The highest BCUT2D eigenvalue weighted by Crippen LogP contribution is 2.24. The zero-order valence-electron chi connectivity index (χ0n) is 10.4. The lowest BCUT2D eigenvalue weighted by Gasteiger charge is -2.17. The van der Waals surface area contributed by atoms with Crippen LogP contribution in [0.2, 0.25) is 0 Å². The number of fused-ring (bicyclic) bond motifs is 1. The second-order valence-electron chi connectivity index (χ2n) is 5.73. The maximum Gasteiger partial charge on any atom is 0.243 e. The highest BCUT2D eigenvalue weighted by molar-refractivity contribution is 6.19. The molecule has 4 heteroatoms. The fourth-order valence-electron chi connectivity index (χ4n) is 2.04. The SMILES string of the molecule is BN1Cc2cc(CC(C)(C)C)ncc2C1=O. The molecule has 0 aliphatic carbocycles. The molecule has 16 heavy (non-hydrogen) atoms. The molecular weight excluding hydrogens is 199 g/mol. The Hall–Kier alpha value is -1.32. The molecule has 1 amide bonds. The van der Waals surface area contributed by atoms with Crippen LogP contribution in [0.5, 0.6) is 0 Å². The maximum absolute atomic E-state index is 11.7. The van der Waals surface area contributed by atoms with Gasteiger partial charge in [-0.3, -0.25) is 9.78 Å². The van der Waals surface area contributed by atoms with Gasteiger partial charge in [-0.1, -0.05) is 20.8 Å². The zero-order chi connectivity index (χ0) is 11.9. The lowest BCUT2D eigenvalue weighted by atomic mass is 9.90. The molecule has 3 nitrogen and oxygen atoms in total. The number of rotatable bonds is 1. The van der Waals surface area contributed by atoms with Crippen LogP contribution in [0.3, 0.4) is 0 Å². The highest BCUT2D eigenvalue weighted by atomic mass is 16.2. The predicted octanol–water partition coefficient (Wildman–Crippen LogP) is 1.17. The van der Waals surface area contributed by atoms with Crippen molar-refractivity contribution in [1.82, 2.24) is 9.79 Å². The average Bonchev–Trinajstić information content (AvgIpc) is 2.40. The second kappa shape index (κ2) is 3.61. The summed E-state index contributed by atoms with van der Waals surface area (Å²) in [5.41, 5.74) is 3.19. The van der Waals surface area contributed by atoms with Gasteiger partial charge in [-0.15, -0.1) is 0 Å². The first-order valence-electron chi connectivity index (χ1n) is 5.60. The fraction of sp³-hybridized carbons (Fsp3) is 0.500. The van der Waals surface area contributed by atoms with E-state index in [4.69, 9.17) is 0 Å². The van der Waals surface area contributed by atoms with E-state index in [2.05, 4.69) is 31.8 Å². The van der Waals surface area contributed by atoms with Gasteiger partial charge in [-0.2, -0.15) is 0 Å². The molecule has 0 saturated carbocycles. The van der Waals surface area contributed by atoms with Crippen LogP contribution in [0.4, 0.5) is 0 Å². The number of nitrogens with zero attached hydrogens (tertiary/aromatic N) is 2. The van der Waals surface area contributed by atoms with Gasteiger partial charge in [0.05, 0.1) is 5.56 Å². The number of carbonyl (C=O) groups is 1. The van der Waals surface area contributed by atoms with Crippen LogP contribution in [0, 0.1) is 5.41 Å². The minimum absolute atomic E-state index is 0.0878. The Morgan fingerprint density at radius 1 is 1.50 bits per heavy atom. The third-order valence-electron chi connectivity index (χ3n) is 2.74. The Kier molecular flexibility index (Phi) is 2.52. The number of pyridine rings is 1. The highest BCUT2D eigenvalue weighted by Gasteiger charge is 2.25. The van der Waals surface area contributed by atoms with Crippen LogP contribution in [-0.2, 0) is 13.0 Å². The molecule has 0 aromatic carbocycles. The molecule has 1 aromatic heterocycles. The topological polar surface area (TPSA) is 33.2 Å². The molecule has 0 bridgehead atoms. The molecule has 84 valence electrons. The summed E-state index contributed by atoms with van der Waals surface area (Å²) in [5.74, 6) is 0.0878. The molecule has 2 rings (SSSR count). The summed E-state index contributed by atoms with van der Waals surface area (Å²) in [6.07, 6.45) is 2.67. The van der Waals surface area contributed by atoms with E-state index < -0.39 is 0 Å². The van der Waals surface area contributed by atoms with Crippen molar-refractivity contribution in [2.75, 3.05) is 0 Å². The standard InChI is InChI=1S/C12H17BN2O/c1-12(2,3)5-9-4-8-7-15(13)11(16)10(8)6-14-9/h4,6H,5,7,13H2,1-3H3. The molecular formula is C12H17BN2O. The Morgan fingerprint density at radius 2 is 2.19 bits per heavy atom. The van der Waals surface area contributed by atoms with Crippen molar-refractivity contribution in [2.24, 2.45) is 5.41 Å². The van der Waals surface area contributed by atoms with Crippen LogP contribution < -0.4 is 0 Å². The molecule has 2 heterocycles. The second-order valence-corrected chi connectivity index (χ2v) is 5.73. The normalized spacial score (nSPS) is 15.4. The summed E-state index contributed by atoms with van der Waals surface area (Å²) >= 11 is 0. The lowest BCUT2D eigenvalue weighted by Crippen LogP contribution is -2.19. The van der Waals surface area contributed by atoms with E-state index >= 15 is 0 Å². The van der Waals surface area contributed by atoms with Crippen molar-refractivity contribution in [1.29, 1.82) is 0 Å². The molecule has 0 fully saturated rings. The monoisotopic (exact) mass is 216 g/mol. The third kappa shape index (κ3) is 2.10. The van der Waals surface area contributed by atoms with E-state index in [9.17, 15) is 4.79 Å². The Balaban J connectivity index is 2.29. The fourth-order valence-corrected chi connectivity index (χ4v) is 2.04. The minimum atomic E-state index is 0.0878. The van der Waals surface area contributed by atoms with E-state index in [0.29, 0.717) is 6.54 Å². The molecule has 1 aliphatic rings. The molecule has 0 saturated heterocycles. The van der Waals surface area contributed by atoms with Gasteiger partial charge < -0.3 is 4.81 Å². The Morgan fingerprint density at radius 3 is 2.81 bits per heavy atom. The van der Waals surface area contributed by atoms with Crippen molar-refractivity contribution < 1.29 is 4.79 Å². The molecule has 1 aliphatic heterocycles. The number of carbonyl (C=O) groups excluding carboxylic acids is 1. The Labute approximate surface area is 97.3 Å². The summed E-state index contributed by atoms with van der Waals surface area (Å²) in [6, 6.07) is 2.07. The van der Waals surface area contributed by atoms with Gasteiger partial charge in [-0.25, -0.2) is 0 Å². The maximum atomic E-state index is 11.7. The van der Waals surface area contributed by atoms with Gasteiger partial charge in [0.1, 0.15) is 0 Å². The summed E-state index contributed by atoms with van der Waals surface area (Å²) in [4.78, 5) is 17.8. The predicted molar refractivity (Wildman–Crippen MR) is 65.8 cm³/mol. The minimum Gasteiger partial charge on any atom is -0.386 e. The first-order valence-corrected chi connectivity index (χ1v) is 5.60. The van der Waals surface area contributed by atoms with Gasteiger partial charge in [0.15, 0.2) is 0 Å². The van der Waals surface area contributed by atoms with Gasteiger partial charge in [0, 0.05) is 18.4 Å². The van der Waals surface area contributed by atoms with Gasteiger partial charge in [0.2, 0.25) is 13.9 Å². The molecule has 0 radical (unpaired) electrons. The number of hydrogen-bond donors (Lipinski definition) is 0. The molecule has 1 aromatic rings. The van der Waals surface area contributed by atoms with Gasteiger partial charge >= 0.3 is 0 Å². The first kappa shape index (κ1) is 11.2. The molecule has 0 unspecified atom stereocenters. The molecule has 0 spiro atoms. The quantitative estimate of drug-likeness (QED) is 0.660. The average molecular weight is 216 g/mol. The van der Waals surface area contributed by atoms with Crippen LogP contribution >= 0.6 is 0 Å². The van der Waals surface area contributed by atoms with Crippen molar-refractivity contribution >= 4 is 13.9 Å². The molecule has 0 N–H and O–H groups in total. The summed E-state index contributed by atoms with van der Waals surface area (Å²) < 4.78 is 0. The Bertz CT molecular complexity index is 437. The summed E-state index contributed by atoms with van der Waals surface area (Å²) in [7, 11) is 1.83. The van der Waals surface area contributed by atoms with Crippen molar-refractivity contribution in [3.8, 4) is 0 Å². The van der Waals surface area contributed by atoms with Crippen LogP contribution in [-0.4, -0.2) is 23.7 Å². The van der Waals surface area contributed by atoms with Gasteiger partial charge in [0.25, 0.3) is 0 Å². The van der Waals surface area contributed by atoms with E-state index in [1.165, 1.54) is 0 Å². The van der Waals surface area contributed by atoms with Crippen molar-refractivity contribution in [3.63, 3.8) is 0 Å². The van der Waals surface area contributed by atoms with Gasteiger partial charge in [-0.05, 0) is 23.5 Å². The van der Waals surface area contributed by atoms with E-state index in [1.54, 1.807) is 11.0 Å². The largest absolute Gasteiger partial charge is 0.386 e. The number of amides is 1. The summed E-state index contributed by atoms with van der Waals surface area (Å²) in [5, 5.41) is 0. The number of aromatic nitrogens is 1. The van der Waals surface area contributed by atoms with E-state index in [0.717, 1.165) is 23.2 Å². The first-order chi connectivity index (χ1) is 7.37.